The topological polar surface area (TPSA) is 26.3 Å². The van der Waals surface area contributed by atoms with Crippen LogP contribution in [0.2, 0.25) is 0 Å². The normalized spacial score (nSPS) is 17.7. The van der Waals surface area contributed by atoms with Crippen LogP contribution >= 0.6 is 0 Å². The molecule has 0 heterocycles. The predicted octanol–water partition coefficient (Wildman–Crippen LogP) is 6.91. The lowest BCUT2D eigenvalue weighted by Gasteiger charge is -2.32. The van der Waals surface area contributed by atoms with Gasteiger partial charge in [0.1, 0.15) is 0 Å². The molecule has 2 nitrogen and oxygen atoms in total. The van der Waals surface area contributed by atoms with Gasteiger partial charge in [-0.1, -0.05) is 67.5 Å². The maximum atomic E-state index is 11.7. The van der Waals surface area contributed by atoms with E-state index in [-0.39, 0.29) is 11.4 Å². The van der Waals surface area contributed by atoms with E-state index in [1.165, 1.54) is 36.0 Å². The summed E-state index contributed by atoms with van der Waals surface area (Å²) in [6, 6.07) is 7.46. The second-order valence-electron chi connectivity index (χ2n) is 7.88. The van der Waals surface area contributed by atoms with Crippen LogP contribution in [0.3, 0.4) is 0 Å². The minimum absolute atomic E-state index is 0.273. The Morgan fingerprint density at radius 1 is 1.19 bits per heavy atom. The number of carbonyl (C=O) groups is 1. The quantitative estimate of drug-likeness (QED) is 0.405. The highest BCUT2D eigenvalue weighted by Crippen LogP contribution is 2.40. The molecule has 0 aliphatic heterocycles. The molecule has 0 unspecified atom stereocenters. The molecule has 1 aliphatic carbocycles. The third-order valence-corrected chi connectivity index (χ3v) is 5.12. The smallest absolute Gasteiger partial charge is 0.338 e. The van der Waals surface area contributed by atoms with Gasteiger partial charge in [-0.3, -0.25) is 0 Å². The van der Waals surface area contributed by atoms with E-state index >= 15 is 0 Å². The third-order valence-electron chi connectivity index (χ3n) is 5.12. The predicted molar refractivity (Wildman–Crippen MR) is 115 cm³/mol. The highest BCUT2D eigenvalue weighted by molar-refractivity contribution is 5.89. The van der Waals surface area contributed by atoms with Gasteiger partial charge in [-0.05, 0) is 68.7 Å². The first-order valence-corrected chi connectivity index (χ1v) is 9.84. The standard InChI is InChI=1S/C25H32O2/c1-6-27-24(26)22-15-13-21(14-16-22)11-7-9-19(2)12-17-23-20(3)10-8-18-25(23,4)5/h7,9,11-17H,6,8,10,18H2,1-5H3. The zero-order chi connectivity index (χ0) is 19.9. The molecule has 1 aromatic carbocycles. The molecule has 1 aliphatic rings. The molecule has 0 aromatic heterocycles. The van der Waals surface area contributed by atoms with E-state index in [1.807, 2.05) is 31.2 Å². The van der Waals surface area contributed by atoms with Crippen molar-refractivity contribution in [1.29, 1.82) is 0 Å². The SMILES string of the molecule is CCOC(=O)c1ccc(C=CC=C(C)C=CC2=C(C)CCCC2(C)C)cc1. The second kappa shape index (κ2) is 9.55. The van der Waals surface area contributed by atoms with Gasteiger partial charge < -0.3 is 4.74 Å². The van der Waals surface area contributed by atoms with Crippen LogP contribution in [0, 0.1) is 5.41 Å². The molecule has 27 heavy (non-hydrogen) atoms. The summed E-state index contributed by atoms with van der Waals surface area (Å²) in [4.78, 5) is 11.7. The molecule has 0 radical (unpaired) electrons. The van der Waals surface area contributed by atoms with Crippen LogP contribution in [0.25, 0.3) is 6.08 Å². The number of hydrogen-bond acceptors (Lipinski definition) is 2. The van der Waals surface area contributed by atoms with Crippen molar-refractivity contribution in [2.45, 2.75) is 53.9 Å². The largest absolute Gasteiger partial charge is 0.462 e. The Labute approximate surface area is 164 Å². The molecule has 0 N–H and O–H groups in total. The van der Waals surface area contributed by atoms with Crippen LogP contribution < -0.4 is 0 Å². The number of esters is 1. The van der Waals surface area contributed by atoms with Crippen LogP contribution in [0.15, 0.2) is 65.3 Å². The summed E-state index contributed by atoms with van der Waals surface area (Å²) in [5, 5.41) is 0. The van der Waals surface area contributed by atoms with Crippen molar-refractivity contribution in [2.24, 2.45) is 5.41 Å². The van der Waals surface area contributed by atoms with Gasteiger partial charge in [-0.2, -0.15) is 0 Å². The Morgan fingerprint density at radius 3 is 2.52 bits per heavy atom. The number of hydrogen-bond donors (Lipinski definition) is 0. The van der Waals surface area contributed by atoms with Gasteiger partial charge in [0.25, 0.3) is 0 Å². The summed E-state index contributed by atoms with van der Waals surface area (Å²) in [5.41, 5.74) is 6.14. The molecule has 0 saturated carbocycles. The molecule has 0 fully saturated rings. The minimum Gasteiger partial charge on any atom is -0.462 e. The first-order chi connectivity index (χ1) is 12.8. The number of rotatable bonds is 6. The molecule has 0 bridgehead atoms. The van der Waals surface area contributed by atoms with Crippen LogP contribution in [0.4, 0.5) is 0 Å². The summed E-state index contributed by atoms with van der Waals surface area (Å²) < 4.78 is 5.00. The van der Waals surface area contributed by atoms with Gasteiger partial charge >= 0.3 is 5.97 Å². The van der Waals surface area contributed by atoms with Crippen LogP contribution in [0.1, 0.15) is 69.8 Å². The number of ether oxygens (including phenoxy) is 1. The number of allylic oxidation sites excluding steroid dienone is 7. The molecule has 2 heteroatoms. The Morgan fingerprint density at radius 2 is 1.89 bits per heavy atom. The summed E-state index contributed by atoms with van der Waals surface area (Å²) in [6.45, 7) is 11.3. The van der Waals surface area contributed by atoms with Crippen molar-refractivity contribution >= 4 is 12.0 Å². The lowest BCUT2D eigenvalue weighted by atomic mass is 9.72. The van der Waals surface area contributed by atoms with Gasteiger partial charge in [0.15, 0.2) is 0 Å². The summed E-state index contributed by atoms with van der Waals surface area (Å²) in [5.74, 6) is -0.274. The summed E-state index contributed by atoms with van der Waals surface area (Å²) >= 11 is 0. The van der Waals surface area contributed by atoms with Crippen molar-refractivity contribution in [3.05, 3.63) is 76.4 Å². The van der Waals surface area contributed by atoms with Crippen LogP contribution in [-0.2, 0) is 4.74 Å². The van der Waals surface area contributed by atoms with Crippen molar-refractivity contribution in [2.75, 3.05) is 6.61 Å². The average Bonchev–Trinajstić information content (AvgIpc) is 2.61. The molecule has 144 valence electrons. The Balaban J connectivity index is 2.01. The van der Waals surface area contributed by atoms with E-state index in [0.717, 1.165) is 5.56 Å². The van der Waals surface area contributed by atoms with Gasteiger partial charge in [0, 0.05) is 0 Å². The fourth-order valence-corrected chi connectivity index (χ4v) is 3.54. The van der Waals surface area contributed by atoms with Crippen molar-refractivity contribution in [1.82, 2.24) is 0 Å². The lowest BCUT2D eigenvalue weighted by Crippen LogP contribution is -2.19. The summed E-state index contributed by atoms with van der Waals surface area (Å²) in [6.07, 6.45) is 14.5. The minimum atomic E-state index is -0.274. The van der Waals surface area contributed by atoms with Gasteiger partial charge in [-0.15, -0.1) is 0 Å². The van der Waals surface area contributed by atoms with Crippen LogP contribution in [0.5, 0.6) is 0 Å². The third kappa shape index (κ3) is 6.09. The number of carbonyl (C=O) groups excluding carboxylic acids is 1. The molecule has 0 saturated heterocycles. The highest BCUT2D eigenvalue weighted by Gasteiger charge is 2.26. The molecule has 0 spiro atoms. The highest BCUT2D eigenvalue weighted by atomic mass is 16.5. The average molecular weight is 365 g/mol. The van der Waals surface area contributed by atoms with E-state index in [0.29, 0.717) is 12.2 Å². The van der Waals surface area contributed by atoms with E-state index < -0.39 is 0 Å². The van der Waals surface area contributed by atoms with E-state index in [1.54, 1.807) is 12.1 Å². The van der Waals surface area contributed by atoms with Gasteiger partial charge in [0.2, 0.25) is 0 Å². The van der Waals surface area contributed by atoms with Gasteiger partial charge in [-0.25, -0.2) is 4.79 Å². The molecular formula is C25H32O2. The van der Waals surface area contributed by atoms with Gasteiger partial charge in [0.05, 0.1) is 12.2 Å². The maximum Gasteiger partial charge on any atom is 0.338 e. The van der Waals surface area contributed by atoms with Crippen LogP contribution in [-0.4, -0.2) is 12.6 Å². The van der Waals surface area contributed by atoms with E-state index in [9.17, 15) is 4.79 Å². The summed E-state index contributed by atoms with van der Waals surface area (Å²) in [7, 11) is 0. The Bertz CT molecular complexity index is 771. The fraction of sp³-hybridized carbons (Fsp3) is 0.400. The first kappa shape index (κ1) is 21.0. The molecular weight excluding hydrogens is 332 g/mol. The van der Waals surface area contributed by atoms with E-state index in [4.69, 9.17) is 4.74 Å². The molecule has 0 amide bonds. The lowest BCUT2D eigenvalue weighted by molar-refractivity contribution is 0.0526. The van der Waals surface area contributed by atoms with Crippen molar-refractivity contribution in [3.63, 3.8) is 0 Å². The fourth-order valence-electron chi connectivity index (χ4n) is 3.54. The molecule has 0 atom stereocenters. The Hall–Kier alpha value is -2.35. The van der Waals surface area contributed by atoms with Crippen molar-refractivity contribution in [3.8, 4) is 0 Å². The molecule has 1 aromatic rings. The first-order valence-electron chi connectivity index (χ1n) is 9.84. The maximum absolute atomic E-state index is 11.7. The van der Waals surface area contributed by atoms with Crippen molar-refractivity contribution < 1.29 is 9.53 Å². The van der Waals surface area contributed by atoms with E-state index in [2.05, 4.69) is 45.9 Å². The monoisotopic (exact) mass is 364 g/mol. The molecule has 2 rings (SSSR count). The Kier molecular flexibility index (Phi) is 7.41. The number of benzene rings is 1. The second-order valence-corrected chi connectivity index (χ2v) is 7.88. The zero-order valence-corrected chi connectivity index (χ0v) is 17.3. The zero-order valence-electron chi connectivity index (χ0n) is 17.3.